The second-order valence-corrected chi connectivity index (χ2v) is 4.52. The molecule has 0 aromatic heterocycles. The topological polar surface area (TPSA) is 52.6 Å². The Hall–Kier alpha value is -2.07. The lowest BCUT2D eigenvalue weighted by atomic mass is 10.1. The number of rotatable bonds is 1. The van der Waals surface area contributed by atoms with Gasteiger partial charge in [0.05, 0.1) is 24.9 Å². The number of urea groups is 1. The Balaban J connectivity index is 1.84. The van der Waals surface area contributed by atoms with E-state index in [1.165, 1.54) is 0 Å². The van der Waals surface area contributed by atoms with E-state index < -0.39 is 0 Å². The molecule has 1 aliphatic rings. The first-order chi connectivity index (χ1) is 8.74. The summed E-state index contributed by atoms with van der Waals surface area (Å²) < 4.78 is 0. The van der Waals surface area contributed by atoms with Crippen LogP contribution < -0.4 is 5.32 Å². The Labute approximate surface area is 105 Å². The van der Waals surface area contributed by atoms with E-state index in [9.17, 15) is 9.90 Å². The van der Waals surface area contributed by atoms with Crippen molar-refractivity contribution in [2.24, 2.45) is 0 Å². The molecule has 4 nitrogen and oxygen atoms in total. The molecule has 0 aliphatic carbocycles. The van der Waals surface area contributed by atoms with E-state index >= 15 is 0 Å². The van der Waals surface area contributed by atoms with Gasteiger partial charge in [0.2, 0.25) is 0 Å². The molecule has 2 amide bonds. The third kappa shape index (κ3) is 1.91. The molecule has 2 N–H and O–H groups in total. The molecule has 1 fully saturated rings. The number of aliphatic hydroxyl groups excluding tert-OH is 1. The van der Waals surface area contributed by atoms with Crippen LogP contribution in [0.25, 0.3) is 10.8 Å². The first-order valence-electron chi connectivity index (χ1n) is 5.96. The Kier molecular flexibility index (Phi) is 2.64. The largest absolute Gasteiger partial charge is 0.389 e. The fourth-order valence-corrected chi connectivity index (χ4v) is 2.15. The second kappa shape index (κ2) is 4.31. The number of nitrogens with one attached hydrogen (secondary N) is 1. The maximum atomic E-state index is 11.9. The molecule has 1 heterocycles. The highest BCUT2D eigenvalue weighted by molar-refractivity contribution is 6.01. The molecule has 0 atom stereocenters. The van der Waals surface area contributed by atoms with Crippen LogP contribution in [0, 0.1) is 0 Å². The van der Waals surface area contributed by atoms with Crippen LogP contribution in [0.4, 0.5) is 10.5 Å². The molecule has 1 saturated heterocycles. The summed E-state index contributed by atoms with van der Waals surface area (Å²) in [4.78, 5) is 13.5. The van der Waals surface area contributed by atoms with E-state index in [1.807, 2.05) is 42.5 Å². The molecule has 0 spiro atoms. The number of β-amino-alcohol motifs (C(OH)–C–C–N with tert-alkyl or cyclic N) is 1. The Morgan fingerprint density at radius 2 is 1.89 bits per heavy atom. The van der Waals surface area contributed by atoms with Crippen LogP contribution >= 0.6 is 0 Å². The van der Waals surface area contributed by atoms with Gasteiger partial charge in [-0.15, -0.1) is 0 Å². The molecule has 0 saturated carbocycles. The predicted octanol–water partition coefficient (Wildman–Crippen LogP) is 2.05. The van der Waals surface area contributed by atoms with Crippen LogP contribution in [0.2, 0.25) is 0 Å². The molecular formula is C14H14N2O2. The number of hydrogen-bond acceptors (Lipinski definition) is 2. The Morgan fingerprint density at radius 1 is 1.17 bits per heavy atom. The summed E-state index contributed by atoms with van der Waals surface area (Å²) in [6, 6.07) is 13.6. The Bertz CT molecular complexity index is 586. The summed E-state index contributed by atoms with van der Waals surface area (Å²) in [6.45, 7) is 0.827. The predicted molar refractivity (Wildman–Crippen MR) is 70.5 cm³/mol. The van der Waals surface area contributed by atoms with Gasteiger partial charge in [0.1, 0.15) is 0 Å². The minimum Gasteiger partial charge on any atom is -0.389 e. The fraction of sp³-hybridized carbons (Fsp3) is 0.214. The molecular weight excluding hydrogens is 228 g/mol. The third-order valence-corrected chi connectivity index (χ3v) is 3.18. The summed E-state index contributed by atoms with van der Waals surface area (Å²) in [6.07, 6.45) is -0.372. The number of likely N-dealkylation sites (tertiary alicyclic amines) is 1. The Morgan fingerprint density at radius 3 is 2.67 bits per heavy atom. The number of fused-ring (bicyclic) bond motifs is 1. The average Bonchev–Trinajstić information content (AvgIpc) is 2.35. The number of amides is 2. The molecule has 92 valence electrons. The zero-order valence-corrected chi connectivity index (χ0v) is 9.84. The zero-order valence-electron chi connectivity index (χ0n) is 9.84. The van der Waals surface area contributed by atoms with Crippen molar-refractivity contribution in [1.29, 1.82) is 0 Å². The lowest BCUT2D eigenvalue weighted by molar-refractivity contribution is 0.0309. The molecule has 2 aromatic rings. The van der Waals surface area contributed by atoms with Gasteiger partial charge < -0.3 is 15.3 Å². The lowest BCUT2D eigenvalue weighted by Gasteiger charge is -2.35. The van der Waals surface area contributed by atoms with Crippen LogP contribution in [0.5, 0.6) is 0 Å². The van der Waals surface area contributed by atoms with Gasteiger partial charge >= 0.3 is 6.03 Å². The number of benzene rings is 2. The van der Waals surface area contributed by atoms with Crippen LogP contribution in [0.3, 0.4) is 0 Å². The molecule has 3 rings (SSSR count). The third-order valence-electron chi connectivity index (χ3n) is 3.18. The first kappa shape index (κ1) is 11.0. The first-order valence-corrected chi connectivity index (χ1v) is 5.96. The van der Waals surface area contributed by atoms with E-state index in [-0.39, 0.29) is 12.1 Å². The molecule has 4 heteroatoms. The SMILES string of the molecule is O=C(Nc1cccc2ccccc12)N1CC(O)C1. The monoisotopic (exact) mass is 242 g/mol. The van der Waals surface area contributed by atoms with Gasteiger partial charge in [-0.1, -0.05) is 36.4 Å². The molecule has 18 heavy (non-hydrogen) atoms. The van der Waals surface area contributed by atoms with Gasteiger partial charge in [-0.3, -0.25) is 0 Å². The van der Waals surface area contributed by atoms with E-state index in [1.54, 1.807) is 4.90 Å². The van der Waals surface area contributed by atoms with Crippen molar-refractivity contribution >= 4 is 22.5 Å². The minimum atomic E-state index is -0.372. The number of carbonyl (C=O) groups is 1. The average molecular weight is 242 g/mol. The van der Waals surface area contributed by atoms with E-state index in [0.717, 1.165) is 16.5 Å². The van der Waals surface area contributed by atoms with Gasteiger partial charge in [-0.05, 0) is 11.5 Å². The van der Waals surface area contributed by atoms with Crippen molar-refractivity contribution < 1.29 is 9.90 Å². The van der Waals surface area contributed by atoms with Crippen molar-refractivity contribution in [1.82, 2.24) is 4.90 Å². The van der Waals surface area contributed by atoms with Crippen molar-refractivity contribution in [3.63, 3.8) is 0 Å². The van der Waals surface area contributed by atoms with Gasteiger partial charge in [-0.25, -0.2) is 4.79 Å². The number of nitrogens with zero attached hydrogens (tertiary/aromatic N) is 1. The molecule has 0 radical (unpaired) electrons. The molecule has 2 aromatic carbocycles. The molecule has 0 bridgehead atoms. The van der Waals surface area contributed by atoms with Crippen molar-refractivity contribution in [3.8, 4) is 0 Å². The van der Waals surface area contributed by atoms with Gasteiger partial charge in [0, 0.05) is 5.39 Å². The maximum Gasteiger partial charge on any atom is 0.322 e. The number of carbonyl (C=O) groups excluding carboxylic acids is 1. The standard InChI is InChI=1S/C14H14N2O2/c17-11-8-16(9-11)14(18)15-13-7-3-5-10-4-1-2-6-12(10)13/h1-7,11,17H,8-9H2,(H,15,18). The summed E-state index contributed by atoms with van der Waals surface area (Å²) in [7, 11) is 0. The quantitative estimate of drug-likeness (QED) is 0.804. The number of aliphatic hydroxyl groups is 1. The summed E-state index contributed by atoms with van der Waals surface area (Å²) >= 11 is 0. The van der Waals surface area contributed by atoms with Crippen molar-refractivity contribution in [3.05, 3.63) is 42.5 Å². The lowest BCUT2D eigenvalue weighted by Crippen LogP contribution is -2.54. The van der Waals surface area contributed by atoms with Crippen molar-refractivity contribution in [2.45, 2.75) is 6.10 Å². The summed E-state index contributed by atoms with van der Waals surface area (Å²) in [5.74, 6) is 0. The fourth-order valence-electron chi connectivity index (χ4n) is 2.15. The minimum absolute atomic E-state index is 0.156. The van der Waals surface area contributed by atoms with Crippen LogP contribution in [-0.4, -0.2) is 35.2 Å². The maximum absolute atomic E-state index is 11.9. The second-order valence-electron chi connectivity index (χ2n) is 4.52. The summed E-state index contributed by atoms with van der Waals surface area (Å²) in [5.41, 5.74) is 0.805. The van der Waals surface area contributed by atoms with Crippen LogP contribution in [-0.2, 0) is 0 Å². The molecule has 0 unspecified atom stereocenters. The van der Waals surface area contributed by atoms with Gasteiger partial charge in [-0.2, -0.15) is 0 Å². The van der Waals surface area contributed by atoms with Crippen LogP contribution in [0.15, 0.2) is 42.5 Å². The van der Waals surface area contributed by atoms with Gasteiger partial charge in [0.25, 0.3) is 0 Å². The number of hydrogen-bond donors (Lipinski definition) is 2. The number of anilines is 1. The normalized spacial score (nSPS) is 15.5. The zero-order chi connectivity index (χ0) is 12.5. The van der Waals surface area contributed by atoms with E-state index in [2.05, 4.69) is 5.32 Å². The highest BCUT2D eigenvalue weighted by Crippen LogP contribution is 2.23. The smallest absolute Gasteiger partial charge is 0.322 e. The van der Waals surface area contributed by atoms with E-state index in [4.69, 9.17) is 0 Å². The summed E-state index contributed by atoms with van der Waals surface area (Å²) in [5, 5.41) is 14.2. The van der Waals surface area contributed by atoms with Crippen LogP contribution in [0.1, 0.15) is 0 Å². The van der Waals surface area contributed by atoms with Gasteiger partial charge in [0.15, 0.2) is 0 Å². The highest BCUT2D eigenvalue weighted by atomic mass is 16.3. The highest BCUT2D eigenvalue weighted by Gasteiger charge is 2.28. The molecule has 1 aliphatic heterocycles. The van der Waals surface area contributed by atoms with Crippen molar-refractivity contribution in [2.75, 3.05) is 18.4 Å². The van der Waals surface area contributed by atoms with E-state index in [0.29, 0.717) is 13.1 Å².